The molecule has 0 bridgehead atoms. The van der Waals surface area contributed by atoms with E-state index < -0.39 is 12.1 Å². The van der Waals surface area contributed by atoms with Gasteiger partial charge in [-0.2, -0.15) is 0 Å². The average Bonchev–Trinajstić information content (AvgIpc) is 3.24. The lowest BCUT2D eigenvalue weighted by atomic mass is 10.0. The standard InChI is InChI=1S/C53H101NO5/c1-3-5-7-9-11-13-15-17-19-20-22-27-31-35-39-43-47-53(58)59-48-44-40-36-32-28-24-23-26-30-34-38-42-46-52(57)54-50(49-55)51(56)45-41-37-33-29-25-21-18-16-14-12-10-8-6-4-2/h13,15,19-20,50-51,55-56H,3-12,14,16-18,21-49H2,1-2H3,(H,54,57)/b15-13-,20-19-. The van der Waals surface area contributed by atoms with Crippen molar-refractivity contribution in [3.05, 3.63) is 24.3 Å². The highest BCUT2D eigenvalue weighted by Crippen LogP contribution is 2.16. The first-order valence-electron chi connectivity index (χ1n) is 26.1. The first-order valence-corrected chi connectivity index (χ1v) is 26.1. The Balaban J connectivity index is 3.47. The van der Waals surface area contributed by atoms with Crippen LogP contribution in [0, 0.1) is 0 Å². The van der Waals surface area contributed by atoms with E-state index in [0.717, 1.165) is 70.6 Å². The lowest BCUT2D eigenvalue weighted by Gasteiger charge is -2.22. The fourth-order valence-corrected chi connectivity index (χ4v) is 7.96. The molecule has 0 heterocycles. The summed E-state index contributed by atoms with van der Waals surface area (Å²) in [5, 5.41) is 23.2. The van der Waals surface area contributed by atoms with E-state index in [1.807, 2.05) is 0 Å². The Hall–Kier alpha value is -1.66. The van der Waals surface area contributed by atoms with Crippen molar-refractivity contribution < 1.29 is 24.5 Å². The number of amides is 1. The quantitative estimate of drug-likeness (QED) is 0.0322. The molecule has 1 amide bonds. The summed E-state index contributed by atoms with van der Waals surface area (Å²) in [6.07, 6.45) is 57.1. The van der Waals surface area contributed by atoms with Crippen LogP contribution in [0.25, 0.3) is 0 Å². The zero-order valence-corrected chi connectivity index (χ0v) is 39.5. The Morgan fingerprint density at radius 2 is 0.847 bits per heavy atom. The number of hydrogen-bond donors (Lipinski definition) is 3. The van der Waals surface area contributed by atoms with Crippen molar-refractivity contribution in [1.29, 1.82) is 0 Å². The molecule has 6 heteroatoms. The van der Waals surface area contributed by atoms with Crippen molar-refractivity contribution in [2.24, 2.45) is 0 Å². The smallest absolute Gasteiger partial charge is 0.305 e. The molecular weight excluding hydrogens is 731 g/mol. The van der Waals surface area contributed by atoms with Crippen molar-refractivity contribution in [3.8, 4) is 0 Å². The predicted octanol–water partition coefficient (Wildman–Crippen LogP) is 15.5. The van der Waals surface area contributed by atoms with Gasteiger partial charge in [-0.1, -0.05) is 231 Å². The van der Waals surface area contributed by atoms with Gasteiger partial charge in [0, 0.05) is 12.8 Å². The number of hydrogen-bond acceptors (Lipinski definition) is 5. The van der Waals surface area contributed by atoms with E-state index >= 15 is 0 Å². The van der Waals surface area contributed by atoms with Crippen LogP contribution in [0.1, 0.15) is 277 Å². The number of nitrogens with one attached hydrogen (secondary N) is 1. The molecule has 0 aliphatic rings. The van der Waals surface area contributed by atoms with Gasteiger partial charge < -0.3 is 20.3 Å². The summed E-state index contributed by atoms with van der Waals surface area (Å²) in [5.41, 5.74) is 0. The third-order valence-electron chi connectivity index (χ3n) is 12.0. The maximum absolute atomic E-state index is 12.4. The molecule has 348 valence electrons. The monoisotopic (exact) mass is 832 g/mol. The van der Waals surface area contributed by atoms with E-state index in [4.69, 9.17) is 4.74 Å². The molecule has 0 aromatic rings. The van der Waals surface area contributed by atoms with E-state index in [0.29, 0.717) is 25.9 Å². The van der Waals surface area contributed by atoms with Gasteiger partial charge in [-0.05, 0) is 57.8 Å². The first kappa shape index (κ1) is 57.3. The van der Waals surface area contributed by atoms with Gasteiger partial charge in [-0.15, -0.1) is 0 Å². The maximum atomic E-state index is 12.4. The molecule has 2 atom stereocenters. The molecule has 3 N–H and O–H groups in total. The maximum Gasteiger partial charge on any atom is 0.305 e. The minimum absolute atomic E-state index is 0.0227. The summed E-state index contributed by atoms with van der Waals surface area (Å²) >= 11 is 0. The van der Waals surface area contributed by atoms with E-state index in [1.165, 1.54) is 173 Å². The highest BCUT2D eigenvalue weighted by Gasteiger charge is 2.20. The summed E-state index contributed by atoms with van der Waals surface area (Å²) < 4.78 is 5.46. The minimum atomic E-state index is -0.674. The molecule has 0 spiro atoms. The molecule has 0 aromatic heterocycles. The summed E-state index contributed by atoms with van der Waals surface area (Å²) in [4.78, 5) is 24.5. The second-order valence-corrected chi connectivity index (χ2v) is 17.9. The van der Waals surface area contributed by atoms with Gasteiger partial charge >= 0.3 is 5.97 Å². The molecule has 2 unspecified atom stereocenters. The number of carbonyl (C=O) groups is 2. The van der Waals surface area contributed by atoms with Gasteiger partial charge in [-0.25, -0.2) is 0 Å². The fraction of sp³-hybridized carbons (Fsp3) is 0.887. The summed E-state index contributed by atoms with van der Waals surface area (Å²) in [7, 11) is 0. The highest BCUT2D eigenvalue weighted by atomic mass is 16.5. The third-order valence-corrected chi connectivity index (χ3v) is 12.0. The van der Waals surface area contributed by atoms with Gasteiger partial charge in [-0.3, -0.25) is 9.59 Å². The predicted molar refractivity (Wildman–Crippen MR) is 255 cm³/mol. The van der Waals surface area contributed by atoms with Crippen LogP contribution < -0.4 is 5.32 Å². The van der Waals surface area contributed by atoms with Crippen LogP contribution in [0.3, 0.4) is 0 Å². The Bertz CT molecular complexity index is 920. The normalized spacial score (nSPS) is 12.8. The number of esters is 1. The van der Waals surface area contributed by atoms with E-state index in [2.05, 4.69) is 43.5 Å². The zero-order chi connectivity index (χ0) is 43.0. The van der Waals surface area contributed by atoms with Gasteiger partial charge in [0.2, 0.25) is 5.91 Å². The van der Waals surface area contributed by atoms with Crippen molar-refractivity contribution in [1.82, 2.24) is 5.32 Å². The summed E-state index contributed by atoms with van der Waals surface area (Å²) in [6, 6.07) is -0.553. The molecule has 0 fully saturated rings. The Kier molecular flexibility index (Phi) is 47.6. The van der Waals surface area contributed by atoms with Gasteiger partial charge in [0.05, 0.1) is 25.4 Å². The number of ether oxygens (including phenoxy) is 1. The molecule has 0 saturated carbocycles. The van der Waals surface area contributed by atoms with E-state index in [9.17, 15) is 19.8 Å². The van der Waals surface area contributed by atoms with Crippen molar-refractivity contribution >= 4 is 11.9 Å². The Morgan fingerprint density at radius 1 is 0.475 bits per heavy atom. The van der Waals surface area contributed by atoms with Crippen molar-refractivity contribution in [3.63, 3.8) is 0 Å². The lowest BCUT2D eigenvalue weighted by molar-refractivity contribution is -0.143. The number of unbranched alkanes of at least 4 members (excludes halogenated alkanes) is 33. The van der Waals surface area contributed by atoms with Crippen molar-refractivity contribution in [2.75, 3.05) is 13.2 Å². The Labute approximate surface area is 367 Å². The van der Waals surface area contributed by atoms with Gasteiger partial charge in [0.15, 0.2) is 0 Å². The second-order valence-electron chi connectivity index (χ2n) is 17.9. The number of aliphatic hydroxyl groups excluding tert-OH is 2. The SMILES string of the molecule is CCCCCC/C=C\C/C=C\CCCCCCCC(=O)OCCCCCCCCCCCCCCC(=O)NC(CO)C(O)CCCCCCCCCCCCCCCC. The molecule has 0 aliphatic heterocycles. The first-order chi connectivity index (χ1) is 29.0. The molecule has 59 heavy (non-hydrogen) atoms. The summed E-state index contributed by atoms with van der Waals surface area (Å²) in [6.45, 7) is 4.89. The fourth-order valence-electron chi connectivity index (χ4n) is 7.96. The summed E-state index contributed by atoms with van der Waals surface area (Å²) in [5.74, 6) is -0.0738. The third kappa shape index (κ3) is 45.7. The Morgan fingerprint density at radius 3 is 1.31 bits per heavy atom. The average molecular weight is 832 g/mol. The molecule has 0 rings (SSSR count). The lowest BCUT2D eigenvalue weighted by Crippen LogP contribution is -2.45. The zero-order valence-electron chi connectivity index (χ0n) is 39.5. The number of allylic oxidation sites excluding steroid dienone is 4. The van der Waals surface area contributed by atoms with Crippen molar-refractivity contribution in [2.45, 2.75) is 289 Å². The van der Waals surface area contributed by atoms with Crippen LogP contribution in [-0.2, 0) is 14.3 Å². The van der Waals surface area contributed by atoms with E-state index in [1.54, 1.807) is 0 Å². The van der Waals surface area contributed by atoms with Gasteiger partial charge in [0.1, 0.15) is 0 Å². The van der Waals surface area contributed by atoms with Crippen LogP contribution in [0.15, 0.2) is 24.3 Å². The second kappa shape index (κ2) is 49.0. The van der Waals surface area contributed by atoms with Crippen LogP contribution in [0.4, 0.5) is 0 Å². The van der Waals surface area contributed by atoms with Crippen LogP contribution in [-0.4, -0.2) is 47.4 Å². The molecular formula is C53H101NO5. The topological polar surface area (TPSA) is 95.9 Å². The highest BCUT2D eigenvalue weighted by molar-refractivity contribution is 5.76. The number of carbonyl (C=O) groups excluding carboxylic acids is 2. The number of aliphatic hydroxyl groups is 2. The molecule has 6 nitrogen and oxygen atoms in total. The van der Waals surface area contributed by atoms with Crippen LogP contribution in [0.5, 0.6) is 0 Å². The minimum Gasteiger partial charge on any atom is -0.466 e. The molecule has 0 saturated heterocycles. The van der Waals surface area contributed by atoms with Gasteiger partial charge in [0.25, 0.3) is 0 Å². The number of rotatable bonds is 48. The van der Waals surface area contributed by atoms with Crippen LogP contribution >= 0.6 is 0 Å². The largest absolute Gasteiger partial charge is 0.466 e. The molecule has 0 radical (unpaired) electrons. The van der Waals surface area contributed by atoms with Crippen LogP contribution in [0.2, 0.25) is 0 Å². The molecule has 0 aromatic carbocycles. The molecule has 0 aliphatic carbocycles. The van der Waals surface area contributed by atoms with E-state index in [-0.39, 0.29) is 18.5 Å².